The van der Waals surface area contributed by atoms with Crippen LogP contribution in [0.4, 0.5) is 5.69 Å². The molecule has 0 unspecified atom stereocenters. The number of hydrogen-bond donors (Lipinski definition) is 2. The molecule has 0 saturated heterocycles. The van der Waals surface area contributed by atoms with E-state index >= 15 is 0 Å². The minimum Gasteiger partial charge on any atom is -0.497 e. The van der Waals surface area contributed by atoms with Crippen LogP contribution in [0, 0.1) is 6.92 Å². The van der Waals surface area contributed by atoms with Crippen LogP contribution in [-0.2, 0) is 14.8 Å². The van der Waals surface area contributed by atoms with Crippen LogP contribution >= 0.6 is 0 Å². The van der Waals surface area contributed by atoms with E-state index in [1.807, 2.05) is 0 Å². The Morgan fingerprint density at radius 3 is 2.43 bits per heavy atom. The Labute approximate surface area is 164 Å². The van der Waals surface area contributed by atoms with E-state index in [1.54, 1.807) is 25.1 Å². The van der Waals surface area contributed by atoms with Crippen LogP contribution in [0.3, 0.4) is 0 Å². The Morgan fingerprint density at radius 1 is 1.04 bits per heavy atom. The highest BCUT2D eigenvalue weighted by atomic mass is 32.2. The molecule has 0 bridgehead atoms. The topological polar surface area (TPSA) is 103 Å². The molecule has 2 aromatic rings. The lowest BCUT2D eigenvalue weighted by atomic mass is 10.1. The quantitative estimate of drug-likeness (QED) is 0.617. The summed E-state index contributed by atoms with van der Waals surface area (Å²) in [6, 6.07) is 9.14. The molecular weight excluding hydrogens is 384 g/mol. The molecule has 0 radical (unpaired) electrons. The normalized spacial score (nSPS) is 11.0. The van der Waals surface area contributed by atoms with Gasteiger partial charge in [0.05, 0.1) is 31.4 Å². The maximum Gasteiger partial charge on any atom is 0.262 e. The van der Waals surface area contributed by atoms with Crippen molar-refractivity contribution in [2.75, 3.05) is 39.2 Å². The molecule has 8 nitrogen and oxygen atoms in total. The number of aryl methyl sites for hydroxylation is 1. The fourth-order valence-electron chi connectivity index (χ4n) is 2.47. The summed E-state index contributed by atoms with van der Waals surface area (Å²) < 4.78 is 43.4. The van der Waals surface area contributed by atoms with Crippen LogP contribution in [0.2, 0.25) is 0 Å². The maximum absolute atomic E-state index is 12.9. The SMILES string of the molecule is COCCNC(=O)c1cc(S(=O)(=O)Nc2cc(OC)ccc2OC)ccc1C. The molecule has 0 saturated carbocycles. The second kappa shape index (κ2) is 9.43. The van der Waals surface area contributed by atoms with Crippen LogP contribution in [0.15, 0.2) is 41.3 Å². The molecule has 0 fully saturated rings. The molecule has 0 aliphatic carbocycles. The van der Waals surface area contributed by atoms with Crippen molar-refractivity contribution in [2.45, 2.75) is 11.8 Å². The molecule has 2 N–H and O–H groups in total. The van der Waals surface area contributed by atoms with Gasteiger partial charge in [-0.1, -0.05) is 6.07 Å². The van der Waals surface area contributed by atoms with Gasteiger partial charge in [0.25, 0.3) is 15.9 Å². The van der Waals surface area contributed by atoms with Crippen LogP contribution < -0.4 is 19.5 Å². The van der Waals surface area contributed by atoms with E-state index in [0.29, 0.717) is 30.2 Å². The molecule has 0 spiro atoms. The molecule has 9 heteroatoms. The average molecular weight is 408 g/mol. The first kappa shape index (κ1) is 21.5. The first-order valence-corrected chi connectivity index (χ1v) is 9.93. The fourth-order valence-corrected chi connectivity index (χ4v) is 3.56. The Morgan fingerprint density at radius 2 is 1.79 bits per heavy atom. The summed E-state index contributed by atoms with van der Waals surface area (Å²) in [4.78, 5) is 12.3. The lowest BCUT2D eigenvalue weighted by molar-refractivity contribution is 0.0936. The maximum atomic E-state index is 12.9. The zero-order valence-corrected chi connectivity index (χ0v) is 17.1. The highest BCUT2D eigenvalue weighted by Crippen LogP contribution is 2.31. The number of anilines is 1. The van der Waals surface area contributed by atoms with Crippen LogP contribution in [0.5, 0.6) is 11.5 Å². The third kappa shape index (κ3) is 5.14. The van der Waals surface area contributed by atoms with Crippen molar-refractivity contribution >= 4 is 21.6 Å². The van der Waals surface area contributed by atoms with E-state index in [1.165, 1.54) is 39.5 Å². The summed E-state index contributed by atoms with van der Waals surface area (Å²) in [6.45, 7) is 2.42. The Kier molecular flexibility index (Phi) is 7.24. The fraction of sp³-hybridized carbons (Fsp3) is 0.316. The number of benzene rings is 2. The predicted molar refractivity (Wildman–Crippen MR) is 106 cm³/mol. The standard InChI is InChI=1S/C19H24N2O6S/c1-13-5-7-15(12-16(13)19(22)20-9-10-25-2)28(23,24)21-17-11-14(26-3)6-8-18(17)27-4/h5-8,11-12,21H,9-10H2,1-4H3,(H,20,22). The number of carbonyl (C=O) groups excluding carboxylic acids is 1. The van der Waals surface area contributed by atoms with Crippen molar-refractivity contribution in [3.05, 3.63) is 47.5 Å². The van der Waals surface area contributed by atoms with Gasteiger partial charge < -0.3 is 19.5 Å². The van der Waals surface area contributed by atoms with Crippen LogP contribution in [-0.4, -0.2) is 48.8 Å². The zero-order chi connectivity index (χ0) is 20.7. The minimum atomic E-state index is -3.96. The third-order valence-electron chi connectivity index (χ3n) is 4.01. The number of carbonyl (C=O) groups is 1. The van der Waals surface area contributed by atoms with Crippen molar-refractivity contribution in [2.24, 2.45) is 0 Å². The summed E-state index contributed by atoms with van der Waals surface area (Å²) in [5.74, 6) is 0.445. The molecule has 0 aromatic heterocycles. The zero-order valence-electron chi connectivity index (χ0n) is 16.2. The highest BCUT2D eigenvalue weighted by molar-refractivity contribution is 7.92. The second-order valence-corrected chi connectivity index (χ2v) is 7.58. The van der Waals surface area contributed by atoms with Gasteiger partial charge in [-0.15, -0.1) is 0 Å². The molecule has 2 rings (SSSR count). The van der Waals surface area contributed by atoms with Gasteiger partial charge in [0.2, 0.25) is 0 Å². The average Bonchev–Trinajstić information content (AvgIpc) is 2.67. The molecule has 2 aromatic carbocycles. The van der Waals surface area contributed by atoms with Gasteiger partial charge in [0.15, 0.2) is 0 Å². The Hall–Kier alpha value is -2.78. The Bertz CT molecular complexity index is 943. The molecular formula is C19H24N2O6S. The van der Waals surface area contributed by atoms with E-state index in [-0.39, 0.29) is 22.1 Å². The number of methoxy groups -OCH3 is 3. The van der Waals surface area contributed by atoms with Gasteiger partial charge in [-0.2, -0.15) is 0 Å². The summed E-state index contributed by atoms with van der Waals surface area (Å²) in [6.07, 6.45) is 0. The van der Waals surface area contributed by atoms with Crippen molar-refractivity contribution < 1.29 is 27.4 Å². The van der Waals surface area contributed by atoms with Gasteiger partial charge in [-0.05, 0) is 36.8 Å². The van der Waals surface area contributed by atoms with Crippen LogP contribution in [0.1, 0.15) is 15.9 Å². The van der Waals surface area contributed by atoms with Crippen molar-refractivity contribution in [3.63, 3.8) is 0 Å². The second-order valence-electron chi connectivity index (χ2n) is 5.90. The van der Waals surface area contributed by atoms with E-state index in [9.17, 15) is 13.2 Å². The third-order valence-corrected chi connectivity index (χ3v) is 5.37. The van der Waals surface area contributed by atoms with Gasteiger partial charge in [-0.25, -0.2) is 8.42 Å². The minimum absolute atomic E-state index is 0.0418. The van der Waals surface area contributed by atoms with Gasteiger partial charge in [0, 0.05) is 25.3 Å². The lowest BCUT2D eigenvalue weighted by Crippen LogP contribution is -2.28. The first-order chi connectivity index (χ1) is 13.3. The number of hydrogen-bond acceptors (Lipinski definition) is 6. The van der Waals surface area contributed by atoms with E-state index in [2.05, 4.69) is 10.0 Å². The number of sulfonamides is 1. The molecule has 0 aliphatic rings. The summed E-state index contributed by atoms with van der Waals surface area (Å²) >= 11 is 0. The Balaban J connectivity index is 2.34. The highest BCUT2D eigenvalue weighted by Gasteiger charge is 2.20. The lowest BCUT2D eigenvalue weighted by Gasteiger charge is -2.14. The summed E-state index contributed by atoms with van der Waals surface area (Å²) in [5.41, 5.74) is 1.16. The van der Waals surface area contributed by atoms with Gasteiger partial charge in [0.1, 0.15) is 11.5 Å². The molecule has 1 amide bonds. The first-order valence-electron chi connectivity index (χ1n) is 8.45. The number of rotatable bonds is 9. The number of ether oxygens (including phenoxy) is 3. The van der Waals surface area contributed by atoms with E-state index in [4.69, 9.17) is 14.2 Å². The van der Waals surface area contributed by atoms with E-state index in [0.717, 1.165) is 0 Å². The molecule has 0 atom stereocenters. The monoisotopic (exact) mass is 408 g/mol. The van der Waals surface area contributed by atoms with Crippen molar-refractivity contribution in [3.8, 4) is 11.5 Å². The number of amides is 1. The summed E-state index contributed by atoms with van der Waals surface area (Å²) in [7, 11) is 0.491. The largest absolute Gasteiger partial charge is 0.497 e. The van der Waals surface area contributed by atoms with Gasteiger partial charge in [-0.3, -0.25) is 9.52 Å². The molecule has 152 valence electrons. The van der Waals surface area contributed by atoms with E-state index < -0.39 is 10.0 Å². The van der Waals surface area contributed by atoms with Gasteiger partial charge >= 0.3 is 0 Å². The van der Waals surface area contributed by atoms with Crippen LogP contribution in [0.25, 0.3) is 0 Å². The molecule has 0 aliphatic heterocycles. The van der Waals surface area contributed by atoms with Crippen molar-refractivity contribution in [1.82, 2.24) is 5.32 Å². The molecule has 0 heterocycles. The van der Waals surface area contributed by atoms with Crippen molar-refractivity contribution in [1.29, 1.82) is 0 Å². The smallest absolute Gasteiger partial charge is 0.262 e. The summed E-state index contributed by atoms with van der Waals surface area (Å²) in [5, 5.41) is 2.69. The number of nitrogens with one attached hydrogen (secondary N) is 2. The molecule has 28 heavy (non-hydrogen) atoms. The predicted octanol–water partition coefficient (Wildman–Crippen LogP) is 2.19.